The molecule has 3 aromatic rings. The van der Waals surface area contributed by atoms with E-state index in [1.54, 1.807) is 18.2 Å². The first-order chi connectivity index (χ1) is 14.9. The Kier molecular flexibility index (Phi) is 5.53. The smallest absolute Gasteiger partial charge is 0.282 e. The minimum atomic E-state index is -0.441. The highest BCUT2D eigenvalue weighted by atomic mass is 35.5. The number of halogens is 1. The minimum absolute atomic E-state index is 0.228. The summed E-state index contributed by atoms with van der Waals surface area (Å²) >= 11 is 6.25. The van der Waals surface area contributed by atoms with E-state index in [2.05, 4.69) is 5.32 Å². The molecule has 156 valence electrons. The molecule has 0 radical (unpaired) electrons. The quantitative estimate of drug-likeness (QED) is 0.551. The van der Waals surface area contributed by atoms with Gasteiger partial charge in [0, 0.05) is 5.69 Å². The molecule has 0 aromatic heterocycles. The zero-order valence-electron chi connectivity index (χ0n) is 17.4. The molecule has 1 aliphatic rings. The molecule has 1 N–H and O–H groups in total. The summed E-state index contributed by atoms with van der Waals surface area (Å²) in [6, 6.07) is 19.8. The normalized spacial score (nSPS) is 13.7. The Morgan fingerprint density at radius 1 is 0.871 bits per heavy atom. The van der Waals surface area contributed by atoms with E-state index in [1.807, 2.05) is 62.4 Å². The molecular formula is C25H21ClN2O3. The fourth-order valence-corrected chi connectivity index (χ4v) is 3.76. The van der Waals surface area contributed by atoms with Gasteiger partial charge in [-0.1, -0.05) is 48.0 Å². The lowest BCUT2D eigenvalue weighted by atomic mass is 10.0. The highest BCUT2D eigenvalue weighted by molar-refractivity contribution is 6.46. The van der Waals surface area contributed by atoms with Crippen LogP contribution in [0.5, 0.6) is 5.75 Å². The fourth-order valence-electron chi connectivity index (χ4n) is 3.51. The van der Waals surface area contributed by atoms with Crippen LogP contribution in [0.3, 0.4) is 0 Å². The zero-order valence-corrected chi connectivity index (χ0v) is 18.2. The number of ether oxygens (including phenoxy) is 1. The summed E-state index contributed by atoms with van der Waals surface area (Å²) < 4.78 is 5.18. The van der Waals surface area contributed by atoms with E-state index in [1.165, 1.54) is 7.11 Å². The van der Waals surface area contributed by atoms with E-state index in [-0.39, 0.29) is 5.70 Å². The molecule has 0 saturated carbocycles. The summed E-state index contributed by atoms with van der Waals surface area (Å²) in [7, 11) is 1.51. The maximum Gasteiger partial charge on any atom is 0.282 e. The van der Waals surface area contributed by atoms with Crippen molar-refractivity contribution in [2.45, 2.75) is 13.8 Å². The summed E-state index contributed by atoms with van der Waals surface area (Å²) in [4.78, 5) is 28.0. The van der Waals surface area contributed by atoms with Crippen LogP contribution in [-0.2, 0) is 9.59 Å². The maximum atomic E-state index is 13.4. The standard InChI is InChI=1S/C25H21ClN2O3/c1-15-9-10-18(13-16(15)2)27-23-22(17-7-5-4-6-8-17)24(29)28(25(23)30)19-11-12-21(31-3)20(26)14-19/h4-14,27H,1-3H3. The summed E-state index contributed by atoms with van der Waals surface area (Å²) in [6.07, 6.45) is 0. The summed E-state index contributed by atoms with van der Waals surface area (Å²) in [5.74, 6) is -0.388. The van der Waals surface area contributed by atoms with Crippen LogP contribution in [0.25, 0.3) is 5.57 Å². The molecule has 5 nitrogen and oxygen atoms in total. The Morgan fingerprint density at radius 3 is 2.26 bits per heavy atom. The molecule has 0 aliphatic carbocycles. The molecule has 31 heavy (non-hydrogen) atoms. The molecule has 0 unspecified atom stereocenters. The number of carbonyl (C=O) groups is 2. The summed E-state index contributed by atoms with van der Waals surface area (Å²) in [5.41, 5.74) is 4.55. The van der Waals surface area contributed by atoms with Crippen molar-refractivity contribution in [1.29, 1.82) is 0 Å². The number of methoxy groups -OCH3 is 1. The number of nitrogens with zero attached hydrogens (tertiary/aromatic N) is 1. The van der Waals surface area contributed by atoms with Crippen molar-refractivity contribution in [1.82, 2.24) is 0 Å². The van der Waals surface area contributed by atoms with Gasteiger partial charge >= 0.3 is 0 Å². The number of nitrogens with one attached hydrogen (secondary N) is 1. The van der Waals surface area contributed by atoms with Crippen molar-refractivity contribution in [2.75, 3.05) is 17.3 Å². The third kappa shape index (κ3) is 3.80. The second-order valence-corrected chi connectivity index (χ2v) is 7.71. The van der Waals surface area contributed by atoms with Crippen LogP contribution in [0.1, 0.15) is 16.7 Å². The molecule has 0 atom stereocenters. The zero-order chi connectivity index (χ0) is 22.1. The fraction of sp³-hybridized carbons (Fsp3) is 0.120. The molecule has 1 heterocycles. The van der Waals surface area contributed by atoms with Crippen molar-refractivity contribution in [2.24, 2.45) is 0 Å². The van der Waals surface area contributed by atoms with Gasteiger partial charge in [0.25, 0.3) is 11.8 Å². The molecule has 0 spiro atoms. The predicted octanol–water partition coefficient (Wildman–Crippen LogP) is 5.36. The number of anilines is 2. The van der Waals surface area contributed by atoms with E-state index in [0.29, 0.717) is 27.6 Å². The maximum absolute atomic E-state index is 13.4. The second-order valence-electron chi connectivity index (χ2n) is 7.30. The van der Waals surface area contributed by atoms with Crippen LogP contribution in [0.2, 0.25) is 5.02 Å². The number of benzene rings is 3. The van der Waals surface area contributed by atoms with Gasteiger partial charge in [0.1, 0.15) is 11.4 Å². The van der Waals surface area contributed by atoms with E-state index in [9.17, 15) is 9.59 Å². The highest BCUT2D eigenvalue weighted by Crippen LogP contribution is 2.36. The monoisotopic (exact) mass is 432 g/mol. The molecular weight excluding hydrogens is 412 g/mol. The molecule has 0 bridgehead atoms. The number of hydrogen-bond donors (Lipinski definition) is 1. The predicted molar refractivity (Wildman–Crippen MR) is 123 cm³/mol. The van der Waals surface area contributed by atoms with Crippen molar-refractivity contribution in [3.05, 3.63) is 94.1 Å². The number of hydrogen-bond acceptors (Lipinski definition) is 4. The van der Waals surface area contributed by atoms with Gasteiger partial charge < -0.3 is 10.1 Å². The third-order valence-corrected chi connectivity index (χ3v) is 5.61. The van der Waals surface area contributed by atoms with Crippen molar-refractivity contribution in [3.63, 3.8) is 0 Å². The Balaban J connectivity index is 1.80. The Bertz CT molecular complexity index is 1220. The lowest BCUT2D eigenvalue weighted by Gasteiger charge is -2.16. The van der Waals surface area contributed by atoms with Crippen LogP contribution < -0.4 is 15.0 Å². The Hall–Kier alpha value is -3.57. The highest BCUT2D eigenvalue weighted by Gasteiger charge is 2.40. The van der Waals surface area contributed by atoms with Crippen LogP contribution in [0.15, 0.2) is 72.4 Å². The first-order valence-electron chi connectivity index (χ1n) is 9.77. The molecule has 3 aromatic carbocycles. The molecule has 2 amide bonds. The lowest BCUT2D eigenvalue weighted by molar-refractivity contribution is -0.120. The molecule has 0 saturated heterocycles. The number of imide groups is 1. The lowest BCUT2D eigenvalue weighted by Crippen LogP contribution is -2.32. The van der Waals surface area contributed by atoms with E-state index < -0.39 is 11.8 Å². The van der Waals surface area contributed by atoms with Crippen molar-refractivity contribution >= 4 is 40.4 Å². The first kappa shape index (κ1) is 20.7. The number of rotatable bonds is 5. The number of carbonyl (C=O) groups excluding carboxylic acids is 2. The minimum Gasteiger partial charge on any atom is -0.495 e. The van der Waals surface area contributed by atoms with E-state index in [4.69, 9.17) is 16.3 Å². The van der Waals surface area contributed by atoms with Gasteiger partial charge in [-0.15, -0.1) is 0 Å². The number of aryl methyl sites for hydroxylation is 2. The van der Waals surface area contributed by atoms with Gasteiger partial charge in [-0.25, -0.2) is 4.90 Å². The molecule has 0 fully saturated rings. The van der Waals surface area contributed by atoms with Crippen LogP contribution in [0.4, 0.5) is 11.4 Å². The van der Waals surface area contributed by atoms with Gasteiger partial charge in [0.15, 0.2) is 0 Å². The van der Waals surface area contributed by atoms with Crippen LogP contribution in [0, 0.1) is 13.8 Å². The number of amides is 2. The average molecular weight is 433 g/mol. The largest absolute Gasteiger partial charge is 0.495 e. The molecule has 6 heteroatoms. The Morgan fingerprint density at radius 2 is 1.61 bits per heavy atom. The van der Waals surface area contributed by atoms with Crippen LogP contribution >= 0.6 is 11.6 Å². The van der Waals surface area contributed by atoms with E-state index >= 15 is 0 Å². The first-order valence-corrected chi connectivity index (χ1v) is 10.1. The third-order valence-electron chi connectivity index (χ3n) is 5.32. The molecule has 4 rings (SSSR count). The molecule has 1 aliphatic heterocycles. The topological polar surface area (TPSA) is 58.6 Å². The van der Waals surface area contributed by atoms with Gasteiger partial charge in [-0.3, -0.25) is 9.59 Å². The second kappa shape index (κ2) is 8.28. The van der Waals surface area contributed by atoms with Crippen LogP contribution in [-0.4, -0.2) is 18.9 Å². The van der Waals surface area contributed by atoms with E-state index in [0.717, 1.165) is 21.7 Å². The van der Waals surface area contributed by atoms with Crippen molar-refractivity contribution in [3.8, 4) is 5.75 Å². The SMILES string of the molecule is COc1ccc(N2C(=O)C(Nc3ccc(C)c(C)c3)=C(c3ccccc3)C2=O)cc1Cl. The Labute approximate surface area is 185 Å². The summed E-state index contributed by atoms with van der Waals surface area (Å²) in [5, 5.41) is 3.50. The summed E-state index contributed by atoms with van der Waals surface area (Å²) in [6.45, 7) is 4.02. The van der Waals surface area contributed by atoms with Gasteiger partial charge in [0.2, 0.25) is 0 Å². The van der Waals surface area contributed by atoms with Gasteiger partial charge in [-0.2, -0.15) is 0 Å². The van der Waals surface area contributed by atoms with Crippen molar-refractivity contribution < 1.29 is 14.3 Å². The average Bonchev–Trinajstić information content (AvgIpc) is 3.00. The van der Waals surface area contributed by atoms with Gasteiger partial charge in [0.05, 0.1) is 23.4 Å². The van der Waals surface area contributed by atoms with Gasteiger partial charge in [-0.05, 0) is 60.9 Å².